The molecule has 0 heterocycles. The summed E-state index contributed by atoms with van der Waals surface area (Å²) in [7, 11) is -3.51. The van der Waals surface area contributed by atoms with E-state index in [1.165, 1.54) is 0 Å². The number of aliphatic hydroxyl groups is 2. The van der Waals surface area contributed by atoms with Crippen molar-refractivity contribution in [2.75, 3.05) is 26.5 Å². The summed E-state index contributed by atoms with van der Waals surface area (Å²) in [5.74, 6) is 0. The second-order valence-electron chi connectivity index (χ2n) is 2.49. The molecular formula is C7H18NO6P. The molecule has 0 unspecified atom stereocenters. The first-order valence-corrected chi connectivity index (χ1v) is 6.10. The molecule has 0 spiro atoms. The molecule has 0 rings (SSSR count). The number of phosphoric acid groups is 1. The van der Waals surface area contributed by atoms with E-state index in [1.54, 1.807) is 13.8 Å². The molecule has 0 aromatic rings. The van der Waals surface area contributed by atoms with Crippen LogP contribution in [0.5, 0.6) is 0 Å². The number of rotatable bonds is 9. The van der Waals surface area contributed by atoms with Gasteiger partial charge in [-0.2, -0.15) is 0 Å². The number of aliphatic hydroxyl groups excluding tert-OH is 1. The van der Waals surface area contributed by atoms with Crippen LogP contribution < -0.4 is 5.32 Å². The lowest BCUT2D eigenvalue weighted by Gasteiger charge is -2.16. The van der Waals surface area contributed by atoms with E-state index in [-0.39, 0.29) is 26.5 Å². The highest BCUT2D eigenvalue weighted by atomic mass is 31.2. The van der Waals surface area contributed by atoms with E-state index in [2.05, 4.69) is 5.32 Å². The van der Waals surface area contributed by atoms with Crippen molar-refractivity contribution in [3.63, 3.8) is 0 Å². The maximum atomic E-state index is 11.6. The van der Waals surface area contributed by atoms with E-state index in [9.17, 15) is 4.57 Å². The number of hydrogen-bond donors (Lipinski definition) is 3. The molecule has 3 N–H and O–H groups in total. The van der Waals surface area contributed by atoms with Gasteiger partial charge in [0.25, 0.3) is 0 Å². The van der Waals surface area contributed by atoms with E-state index in [1.807, 2.05) is 0 Å². The van der Waals surface area contributed by atoms with Gasteiger partial charge in [-0.25, -0.2) is 4.57 Å². The zero-order valence-corrected chi connectivity index (χ0v) is 9.77. The second-order valence-corrected chi connectivity index (χ2v) is 4.16. The summed E-state index contributed by atoms with van der Waals surface area (Å²) in [6.45, 7) is 3.52. The molecule has 0 aromatic heterocycles. The van der Waals surface area contributed by atoms with Crippen LogP contribution in [-0.2, 0) is 18.1 Å². The van der Waals surface area contributed by atoms with Gasteiger partial charge in [0.05, 0.1) is 13.2 Å². The topological polar surface area (TPSA) is 97.3 Å². The first-order chi connectivity index (χ1) is 7.04. The molecular weight excluding hydrogens is 225 g/mol. The number of phosphoric ester groups is 1. The van der Waals surface area contributed by atoms with Crippen LogP contribution in [0.2, 0.25) is 0 Å². The lowest BCUT2D eigenvalue weighted by atomic mass is 10.6. The molecule has 0 amide bonds. The van der Waals surface area contributed by atoms with Crippen molar-refractivity contribution >= 4 is 7.82 Å². The van der Waals surface area contributed by atoms with Gasteiger partial charge in [-0.15, -0.1) is 0 Å². The van der Waals surface area contributed by atoms with Gasteiger partial charge in [0, 0.05) is 6.54 Å². The van der Waals surface area contributed by atoms with Crippen molar-refractivity contribution in [1.82, 2.24) is 5.32 Å². The van der Waals surface area contributed by atoms with Gasteiger partial charge in [0.2, 0.25) is 0 Å². The summed E-state index contributed by atoms with van der Waals surface area (Å²) < 4.78 is 26.1. The maximum Gasteiger partial charge on any atom is 0.476 e. The first-order valence-electron chi connectivity index (χ1n) is 4.64. The molecule has 0 aliphatic carbocycles. The average Bonchev–Trinajstić information content (AvgIpc) is 2.13. The fraction of sp³-hybridized carbons (Fsp3) is 1.00. The Morgan fingerprint density at radius 1 is 1.20 bits per heavy atom. The molecule has 0 fully saturated rings. The van der Waals surface area contributed by atoms with Gasteiger partial charge in [0.1, 0.15) is 6.73 Å². The Bertz CT molecular complexity index is 190. The molecule has 7 nitrogen and oxygen atoms in total. The Kier molecular flexibility index (Phi) is 8.17. The molecule has 0 aliphatic heterocycles. The monoisotopic (exact) mass is 243 g/mol. The van der Waals surface area contributed by atoms with Crippen LogP contribution in [0.25, 0.3) is 0 Å². The molecule has 0 aliphatic rings. The highest BCUT2D eigenvalue weighted by Gasteiger charge is 2.24. The van der Waals surface area contributed by atoms with E-state index in [0.717, 1.165) is 0 Å². The van der Waals surface area contributed by atoms with E-state index < -0.39 is 14.1 Å². The van der Waals surface area contributed by atoms with Gasteiger partial charge in [-0.1, -0.05) is 0 Å². The van der Waals surface area contributed by atoms with Gasteiger partial charge in [-0.3, -0.25) is 18.9 Å². The Balaban J connectivity index is 3.80. The summed E-state index contributed by atoms with van der Waals surface area (Å²) in [5.41, 5.74) is 0. The zero-order chi connectivity index (χ0) is 11.7. The van der Waals surface area contributed by atoms with Crippen LogP contribution in [0, 0.1) is 0 Å². The van der Waals surface area contributed by atoms with E-state index >= 15 is 0 Å². The standard InChI is InChI=1S/C7H18NO6P/c1-3-12-15(11,13-4-2)14-6-8-5-7(9)10/h7-10H,3-6H2,1-2H3. The Hall–Kier alpha value is -0.0100. The summed E-state index contributed by atoms with van der Waals surface area (Å²) in [6.07, 6.45) is -1.48. The fourth-order valence-corrected chi connectivity index (χ4v) is 1.85. The third kappa shape index (κ3) is 7.87. The van der Waals surface area contributed by atoms with Crippen LogP contribution in [-0.4, -0.2) is 43.0 Å². The molecule has 15 heavy (non-hydrogen) atoms. The van der Waals surface area contributed by atoms with Crippen molar-refractivity contribution in [2.24, 2.45) is 0 Å². The van der Waals surface area contributed by atoms with Gasteiger partial charge < -0.3 is 10.2 Å². The molecule has 0 aromatic carbocycles. The molecule has 92 valence electrons. The van der Waals surface area contributed by atoms with Crippen molar-refractivity contribution in [2.45, 2.75) is 20.1 Å². The van der Waals surface area contributed by atoms with Gasteiger partial charge in [0.15, 0.2) is 6.29 Å². The molecule has 0 atom stereocenters. The minimum atomic E-state index is -3.51. The molecule has 0 saturated carbocycles. The fourth-order valence-electron chi connectivity index (χ4n) is 0.741. The summed E-state index contributed by atoms with van der Waals surface area (Å²) in [6, 6.07) is 0. The highest BCUT2D eigenvalue weighted by Crippen LogP contribution is 2.48. The Morgan fingerprint density at radius 2 is 1.73 bits per heavy atom. The Labute approximate surface area is 89.0 Å². The predicted octanol–water partition coefficient (Wildman–Crippen LogP) is 0.0419. The zero-order valence-electron chi connectivity index (χ0n) is 8.88. The molecule has 0 radical (unpaired) electrons. The quantitative estimate of drug-likeness (QED) is 0.299. The minimum Gasteiger partial charge on any atom is -0.367 e. The minimum absolute atomic E-state index is 0.0851. The third-order valence-electron chi connectivity index (χ3n) is 1.23. The van der Waals surface area contributed by atoms with E-state index in [4.69, 9.17) is 23.8 Å². The van der Waals surface area contributed by atoms with E-state index in [0.29, 0.717) is 0 Å². The number of nitrogens with one attached hydrogen (secondary N) is 1. The van der Waals surface area contributed by atoms with Crippen LogP contribution in [0.4, 0.5) is 0 Å². The van der Waals surface area contributed by atoms with Gasteiger partial charge in [-0.05, 0) is 13.8 Å². The highest BCUT2D eigenvalue weighted by molar-refractivity contribution is 7.48. The largest absolute Gasteiger partial charge is 0.476 e. The third-order valence-corrected chi connectivity index (χ3v) is 2.82. The summed E-state index contributed by atoms with van der Waals surface area (Å²) in [4.78, 5) is 0. The molecule has 8 heteroatoms. The maximum absolute atomic E-state index is 11.6. The summed E-state index contributed by atoms with van der Waals surface area (Å²) >= 11 is 0. The van der Waals surface area contributed by atoms with Crippen molar-refractivity contribution in [3.8, 4) is 0 Å². The van der Waals surface area contributed by atoms with Crippen molar-refractivity contribution in [1.29, 1.82) is 0 Å². The van der Waals surface area contributed by atoms with Crippen molar-refractivity contribution < 1.29 is 28.3 Å². The lowest BCUT2D eigenvalue weighted by Crippen LogP contribution is -2.28. The van der Waals surface area contributed by atoms with Crippen LogP contribution in [0.3, 0.4) is 0 Å². The van der Waals surface area contributed by atoms with Crippen molar-refractivity contribution in [3.05, 3.63) is 0 Å². The van der Waals surface area contributed by atoms with Crippen LogP contribution in [0.15, 0.2) is 0 Å². The average molecular weight is 243 g/mol. The molecule has 0 saturated heterocycles. The van der Waals surface area contributed by atoms with Crippen LogP contribution in [0.1, 0.15) is 13.8 Å². The number of hydrogen-bond acceptors (Lipinski definition) is 7. The second kappa shape index (κ2) is 8.18. The lowest BCUT2D eigenvalue weighted by molar-refractivity contribution is -0.0407. The SMILES string of the molecule is CCOP(=O)(OCC)OCNCC(O)O. The first kappa shape index (κ1) is 15.0. The summed E-state index contributed by atoms with van der Waals surface area (Å²) in [5, 5.41) is 19.5. The normalized spacial score (nSPS) is 12.3. The molecule has 0 bridgehead atoms. The Morgan fingerprint density at radius 3 is 2.13 bits per heavy atom. The van der Waals surface area contributed by atoms with Gasteiger partial charge >= 0.3 is 7.82 Å². The smallest absolute Gasteiger partial charge is 0.367 e. The van der Waals surface area contributed by atoms with Crippen LogP contribution >= 0.6 is 7.82 Å². The predicted molar refractivity (Wildman–Crippen MR) is 53.0 cm³/mol.